The van der Waals surface area contributed by atoms with E-state index in [4.69, 9.17) is 0 Å². The molecule has 0 N–H and O–H groups in total. The van der Waals surface area contributed by atoms with Crippen LogP contribution in [0.4, 0.5) is 0 Å². The minimum atomic E-state index is 0.752. The summed E-state index contributed by atoms with van der Waals surface area (Å²) in [5.74, 6) is 0.752. The molecule has 1 aliphatic heterocycles. The van der Waals surface area contributed by atoms with E-state index in [1.807, 2.05) is 0 Å². The van der Waals surface area contributed by atoms with Gasteiger partial charge in [-0.1, -0.05) is 6.92 Å². The molecule has 1 nitrogen and oxygen atoms in total. The Bertz CT molecular complexity index is 135. The van der Waals surface area contributed by atoms with Crippen molar-refractivity contribution in [3.05, 3.63) is 11.3 Å². The van der Waals surface area contributed by atoms with Crippen LogP contribution < -0.4 is 0 Å². The fourth-order valence-corrected chi connectivity index (χ4v) is 1.67. The highest BCUT2D eigenvalue weighted by Crippen LogP contribution is 2.29. The lowest BCUT2D eigenvalue weighted by Crippen LogP contribution is -2.06. The number of rotatable bonds is 0. The zero-order valence-electron chi connectivity index (χ0n) is 6.31. The fourth-order valence-electron chi connectivity index (χ4n) is 1.15. The third-order valence-corrected chi connectivity index (χ3v) is 2.81. The maximum atomic E-state index is 2.73. The van der Waals surface area contributed by atoms with Crippen LogP contribution in [0.25, 0.3) is 0 Å². The van der Waals surface area contributed by atoms with E-state index in [1.54, 1.807) is 0 Å². The van der Waals surface area contributed by atoms with Gasteiger partial charge in [-0.3, -0.25) is 0 Å². The molecule has 2 atom stereocenters. The average Bonchev–Trinajstić information content (AvgIpc) is 1.98. The maximum absolute atomic E-state index is 2.73. The third-order valence-electron chi connectivity index (χ3n) is 2.21. The molecule has 0 aromatic carbocycles. The molecule has 1 rings (SSSR count). The Balaban J connectivity index is 2.79. The summed E-state index contributed by atoms with van der Waals surface area (Å²) in [6, 6.07) is 0. The molecule has 0 bridgehead atoms. The Morgan fingerprint density at radius 2 is 2.11 bits per heavy atom. The van der Waals surface area contributed by atoms with Gasteiger partial charge in [0.15, 0.2) is 0 Å². The first-order valence-corrected chi connectivity index (χ1v) is 3.84. The lowest BCUT2D eigenvalue weighted by Gasteiger charge is -2.11. The predicted molar refractivity (Wildman–Crippen MR) is 44.0 cm³/mol. The Morgan fingerprint density at radius 1 is 1.56 bits per heavy atom. The summed E-state index contributed by atoms with van der Waals surface area (Å²) in [4.78, 5) is 0. The molecule has 0 aromatic heterocycles. The van der Waals surface area contributed by atoms with E-state index in [1.165, 1.54) is 17.8 Å². The van der Waals surface area contributed by atoms with Crippen LogP contribution in [-0.4, -0.2) is 11.2 Å². The average molecular weight is 143 g/mol. The molecular formula is C7H14NP. The van der Waals surface area contributed by atoms with Crippen molar-refractivity contribution < 1.29 is 0 Å². The highest BCUT2D eigenvalue weighted by molar-refractivity contribution is 7.13. The second-order valence-electron chi connectivity index (χ2n) is 2.82. The van der Waals surface area contributed by atoms with E-state index in [-0.39, 0.29) is 0 Å². The van der Waals surface area contributed by atoms with E-state index in [9.17, 15) is 0 Å². The van der Waals surface area contributed by atoms with E-state index in [0.29, 0.717) is 0 Å². The van der Waals surface area contributed by atoms with Gasteiger partial charge >= 0.3 is 0 Å². The van der Waals surface area contributed by atoms with Crippen molar-refractivity contribution in [2.75, 3.05) is 6.54 Å². The van der Waals surface area contributed by atoms with Crippen LogP contribution in [0.15, 0.2) is 11.3 Å². The van der Waals surface area contributed by atoms with Crippen LogP contribution in [0.2, 0.25) is 0 Å². The van der Waals surface area contributed by atoms with Crippen molar-refractivity contribution in [1.82, 2.24) is 4.67 Å². The Hall–Kier alpha value is -0.0300. The molecule has 1 unspecified atom stereocenters. The van der Waals surface area contributed by atoms with Gasteiger partial charge in [0.25, 0.3) is 0 Å². The monoisotopic (exact) mass is 143 g/mol. The Labute approximate surface area is 59.4 Å². The van der Waals surface area contributed by atoms with Crippen LogP contribution in [0, 0.1) is 5.92 Å². The fraction of sp³-hybridized carbons (Fsp3) is 0.714. The van der Waals surface area contributed by atoms with E-state index in [2.05, 4.69) is 34.8 Å². The van der Waals surface area contributed by atoms with Gasteiger partial charge in [0.2, 0.25) is 0 Å². The molecule has 0 saturated carbocycles. The Morgan fingerprint density at radius 3 is 2.22 bits per heavy atom. The lowest BCUT2D eigenvalue weighted by molar-refractivity contribution is 0.554. The zero-order valence-corrected chi connectivity index (χ0v) is 7.46. The van der Waals surface area contributed by atoms with Crippen LogP contribution in [0.1, 0.15) is 20.8 Å². The maximum Gasteiger partial charge on any atom is 0.0272 e. The molecule has 0 radical (unpaired) electrons. The van der Waals surface area contributed by atoms with Crippen LogP contribution in [0.5, 0.6) is 0 Å². The Kier molecular flexibility index (Phi) is 1.81. The van der Waals surface area contributed by atoms with Gasteiger partial charge in [0, 0.05) is 12.2 Å². The van der Waals surface area contributed by atoms with E-state index in [0.717, 1.165) is 5.92 Å². The van der Waals surface area contributed by atoms with Gasteiger partial charge in [0.1, 0.15) is 0 Å². The van der Waals surface area contributed by atoms with Gasteiger partial charge in [-0.25, -0.2) is 0 Å². The van der Waals surface area contributed by atoms with Crippen molar-refractivity contribution in [2.45, 2.75) is 20.8 Å². The van der Waals surface area contributed by atoms with Crippen LogP contribution in [-0.2, 0) is 0 Å². The smallest absolute Gasteiger partial charge is 0.0272 e. The summed E-state index contributed by atoms with van der Waals surface area (Å²) >= 11 is 0. The topological polar surface area (TPSA) is 3.24 Å². The summed E-state index contributed by atoms with van der Waals surface area (Å²) in [5.41, 5.74) is 2.96. The third kappa shape index (κ3) is 1.11. The lowest BCUT2D eigenvalue weighted by atomic mass is 10.1. The summed E-state index contributed by atoms with van der Waals surface area (Å²) < 4.78 is 2.24. The largest absolute Gasteiger partial charge is 0.359 e. The van der Waals surface area contributed by atoms with E-state index < -0.39 is 0 Å². The van der Waals surface area contributed by atoms with E-state index >= 15 is 0 Å². The summed E-state index contributed by atoms with van der Waals surface area (Å²) in [6.45, 7) is 7.82. The number of allylic oxidation sites excluding steroid dienone is 1. The molecule has 52 valence electrons. The molecular weight excluding hydrogens is 129 g/mol. The molecule has 9 heavy (non-hydrogen) atoms. The minimum Gasteiger partial charge on any atom is -0.359 e. The predicted octanol–water partition coefficient (Wildman–Crippen LogP) is 2.02. The van der Waals surface area contributed by atoms with Gasteiger partial charge in [-0.15, -0.1) is 0 Å². The number of hydrogen-bond donors (Lipinski definition) is 0. The second-order valence-corrected chi connectivity index (χ2v) is 3.45. The highest BCUT2D eigenvalue weighted by atomic mass is 31.0. The number of hydrogen-bond acceptors (Lipinski definition) is 1. The minimum absolute atomic E-state index is 0.752. The first kappa shape index (κ1) is 7.08. The molecule has 1 heterocycles. The summed E-state index contributed by atoms with van der Waals surface area (Å²) in [5, 5.41) is 0. The number of nitrogens with zero attached hydrogens (tertiary/aromatic N) is 1. The van der Waals surface area contributed by atoms with Crippen LogP contribution >= 0.6 is 9.39 Å². The second kappa shape index (κ2) is 2.30. The quantitative estimate of drug-likeness (QED) is 0.469. The molecule has 0 amide bonds. The van der Waals surface area contributed by atoms with Gasteiger partial charge < -0.3 is 4.67 Å². The van der Waals surface area contributed by atoms with Gasteiger partial charge in [0.05, 0.1) is 0 Å². The highest BCUT2D eigenvalue weighted by Gasteiger charge is 2.18. The molecule has 0 saturated heterocycles. The van der Waals surface area contributed by atoms with Crippen molar-refractivity contribution >= 4 is 9.39 Å². The van der Waals surface area contributed by atoms with Crippen molar-refractivity contribution in [3.63, 3.8) is 0 Å². The molecule has 0 aliphatic carbocycles. The first-order chi connectivity index (χ1) is 4.13. The van der Waals surface area contributed by atoms with Crippen molar-refractivity contribution in [2.24, 2.45) is 5.92 Å². The summed E-state index contributed by atoms with van der Waals surface area (Å²) in [7, 11) is 2.73. The first-order valence-electron chi connectivity index (χ1n) is 3.32. The molecule has 0 fully saturated rings. The molecule has 0 spiro atoms. The van der Waals surface area contributed by atoms with Gasteiger partial charge in [-0.2, -0.15) is 0 Å². The summed E-state index contributed by atoms with van der Waals surface area (Å²) in [6.07, 6.45) is 0. The van der Waals surface area contributed by atoms with Crippen molar-refractivity contribution in [1.29, 1.82) is 0 Å². The SMILES string of the molecule is CC1=C(C)N(P)C[C@H]1C. The van der Waals surface area contributed by atoms with Crippen molar-refractivity contribution in [3.8, 4) is 0 Å². The zero-order chi connectivity index (χ0) is 7.02. The molecule has 0 aromatic rings. The normalized spacial score (nSPS) is 28.0. The van der Waals surface area contributed by atoms with Crippen LogP contribution in [0.3, 0.4) is 0 Å². The van der Waals surface area contributed by atoms with Gasteiger partial charge in [-0.05, 0) is 34.7 Å². The molecule has 2 heteroatoms. The molecule has 1 aliphatic rings. The standard InChI is InChI=1S/C7H14NP/c1-5-4-8(9)7(3)6(5)2/h5H,4,9H2,1-3H3/t5-/m1/s1.